The first-order valence-corrected chi connectivity index (χ1v) is 9.92. The van der Waals surface area contributed by atoms with Gasteiger partial charge in [-0.05, 0) is 35.4 Å². The lowest BCUT2D eigenvalue weighted by Gasteiger charge is -2.23. The van der Waals surface area contributed by atoms with Crippen molar-refractivity contribution in [3.63, 3.8) is 0 Å². The second kappa shape index (κ2) is 7.99. The Morgan fingerprint density at radius 3 is 2.42 bits per heavy atom. The SMILES string of the molecule is O=C(c1cc2ccccc2oc1=O)N(Cc1ccccc1)Cc1ccc2c(c1)OCO2. The van der Waals surface area contributed by atoms with Crippen LogP contribution < -0.4 is 15.1 Å². The van der Waals surface area contributed by atoms with Crippen molar-refractivity contribution in [2.24, 2.45) is 0 Å². The molecule has 3 aromatic carbocycles. The quantitative estimate of drug-likeness (QED) is 0.455. The number of carbonyl (C=O) groups excluding carboxylic acids is 1. The van der Waals surface area contributed by atoms with E-state index in [1.807, 2.05) is 60.7 Å². The zero-order valence-electron chi connectivity index (χ0n) is 16.6. The van der Waals surface area contributed by atoms with Crippen LogP contribution in [-0.2, 0) is 13.1 Å². The van der Waals surface area contributed by atoms with Gasteiger partial charge in [-0.3, -0.25) is 4.79 Å². The fourth-order valence-electron chi connectivity index (χ4n) is 3.64. The first kappa shape index (κ1) is 18.9. The molecule has 0 spiro atoms. The third-order valence-electron chi connectivity index (χ3n) is 5.19. The van der Waals surface area contributed by atoms with Gasteiger partial charge in [-0.1, -0.05) is 54.6 Å². The van der Waals surface area contributed by atoms with E-state index in [0.29, 0.717) is 35.6 Å². The van der Waals surface area contributed by atoms with E-state index in [4.69, 9.17) is 13.9 Å². The molecule has 0 saturated carbocycles. The van der Waals surface area contributed by atoms with Gasteiger partial charge in [-0.15, -0.1) is 0 Å². The van der Waals surface area contributed by atoms with Crippen LogP contribution in [-0.4, -0.2) is 17.6 Å². The molecule has 6 nitrogen and oxygen atoms in total. The van der Waals surface area contributed by atoms with E-state index in [2.05, 4.69) is 0 Å². The molecular formula is C25H19NO5. The summed E-state index contributed by atoms with van der Waals surface area (Å²) in [7, 11) is 0. The van der Waals surface area contributed by atoms with Crippen molar-refractivity contribution in [2.75, 3.05) is 6.79 Å². The second-order valence-electron chi connectivity index (χ2n) is 7.32. The molecule has 6 heteroatoms. The van der Waals surface area contributed by atoms with Crippen LogP contribution in [0.3, 0.4) is 0 Å². The summed E-state index contributed by atoms with van der Waals surface area (Å²) < 4.78 is 16.2. The van der Waals surface area contributed by atoms with Gasteiger partial charge in [0.05, 0.1) is 0 Å². The number of benzene rings is 3. The standard InChI is InChI=1S/C25H19NO5/c27-24(20-13-19-8-4-5-9-21(19)31-25(20)28)26(14-17-6-2-1-3-7-17)15-18-10-11-22-23(12-18)30-16-29-22/h1-13H,14-16H2. The lowest BCUT2D eigenvalue weighted by Crippen LogP contribution is -2.33. The molecule has 4 aromatic rings. The van der Waals surface area contributed by atoms with Crippen LogP contribution in [0.25, 0.3) is 11.0 Å². The molecule has 2 heterocycles. The Labute approximate surface area is 178 Å². The molecule has 0 unspecified atom stereocenters. The highest BCUT2D eigenvalue weighted by molar-refractivity contribution is 5.96. The monoisotopic (exact) mass is 413 g/mol. The summed E-state index contributed by atoms with van der Waals surface area (Å²) in [5.41, 5.74) is 1.65. The normalized spacial score (nSPS) is 12.1. The molecule has 0 N–H and O–H groups in total. The van der Waals surface area contributed by atoms with Crippen molar-refractivity contribution < 1.29 is 18.7 Å². The Kier molecular flexibility index (Phi) is 4.88. The number of amides is 1. The van der Waals surface area contributed by atoms with Crippen molar-refractivity contribution in [3.8, 4) is 11.5 Å². The second-order valence-corrected chi connectivity index (χ2v) is 7.32. The summed E-state index contributed by atoms with van der Waals surface area (Å²) in [5.74, 6) is 0.940. The van der Waals surface area contributed by atoms with Gasteiger partial charge < -0.3 is 18.8 Å². The summed E-state index contributed by atoms with van der Waals surface area (Å²) >= 11 is 0. The van der Waals surface area contributed by atoms with Crippen LogP contribution in [0.4, 0.5) is 0 Å². The molecule has 1 amide bonds. The molecule has 0 bridgehead atoms. The summed E-state index contributed by atoms with van der Waals surface area (Å²) in [6.07, 6.45) is 0. The molecule has 0 atom stereocenters. The van der Waals surface area contributed by atoms with Crippen molar-refractivity contribution in [1.82, 2.24) is 4.90 Å². The highest BCUT2D eigenvalue weighted by atomic mass is 16.7. The molecule has 1 aliphatic rings. The molecule has 154 valence electrons. The maximum atomic E-state index is 13.5. The third kappa shape index (κ3) is 3.88. The highest BCUT2D eigenvalue weighted by Gasteiger charge is 2.22. The molecule has 1 aliphatic heterocycles. The minimum absolute atomic E-state index is 0.00961. The summed E-state index contributed by atoms with van der Waals surface area (Å²) in [4.78, 5) is 27.7. The van der Waals surface area contributed by atoms with E-state index >= 15 is 0 Å². The Balaban J connectivity index is 1.51. The van der Waals surface area contributed by atoms with Crippen LogP contribution in [0.15, 0.2) is 88.1 Å². The predicted octanol–water partition coefficient (Wildman–Crippen LogP) is 4.36. The fourth-order valence-corrected chi connectivity index (χ4v) is 3.64. The minimum Gasteiger partial charge on any atom is -0.454 e. The Morgan fingerprint density at radius 2 is 1.55 bits per heavy atom. The minimum atomic E-state index is -0.646. The molecule has 1 aromatic heterocycles. The summed E-state index contributed by atoms with van der Waals surface area (Å²) in [5, 5.41) is 0.702. The van der Waals surface area contributed by atoms with Gasteiger partial charge in [0.2, 0.25) is 6.79 Å². The zero-order valence-corrected chi connectivity index (χ0v) is 16.6. The van der Waals surface area contributed by atoms with E-state index in [-0.39, 0.29) is 18.3 Å². The maximum Gasteiger partial charge on any atom is 0.349 e. The van der Waals surface area contributed by atoms with E-state index in [9.17, 15) is 9.59 Å². The number of para-hydroxylation sites is 1. The fraction of sp³-hybridized carbons (Fsp3) is 0.120. The van der Waals surface area contributed by atoms with Crippen LogP contribution >= 0.6 is 0 Å². The van der Waals surface area contributed by atoms with Crippen LogP contribution in [0.2, 0.25) is 0 Å². The first-order valence-electron chi connectivity index (χ1n) is 9.92. The van der Waals surface area contributed by atoms with Gasteiger partial charge in [0, 0.05) is 18.5 Å². The largest absolute Gasteiger partial charge is 0.454 e. The maximum absolute atomic E-state index is 13.5. The van der Waals surface area contributed by atoms with Gasteiger partial charge in [-0.2, -0.15) is 0 Å². The molecule has 0 aliphatic carbocycles. The number of hydrogen-bond acceptors (Lipinski definition) is 5. The van der Waals surface area contributed by atoms with Crippen LogP contribution in [0.1, 0.15) is 21.5 Å². The van der Waals surface area contributed by atoms with E-state index in [0.717, 1.165) is 11.1 Å². The van der Waals surface area contributed by atoms with Crippen LogP contribution in [0.5, 0.6) is 11.5 Å². The predicted molar refractivity (Wildman–Crippen MR) is 115 cm³/mol. The molecule has 5 rings (SSSR count). The highest BCUT2D eigenvalue weighted by Crippen LogP contribution is 2.33. The Bertz CT molecular complexity index is 1310. The van der Waals surface area contributed by atoms with Gasteiger partial charge in [-0.25, -0.2) is 4.79 Å². The Hall–Kier alpha value is -4.06. The van der Waals surface area contributed by atoms with Crippen molar-refractivity contribution in [2.45, 2.75) is 13.1 Å². The van der Waals surface area contributed by atoms with E-state index < -0.39 is 5.63 Å². The summed E-state index contributed by atoms with van der Waals surface area (Å²) in [6, 6.07) is 24.0. The van der Waals surface area contributed by atoms with Crippen LogP contribution in [0, 0.1) is 0 Å². The number of rotatable bonds is 5. The lowest BCUT2D eigenvalue weighted by molar-refractivity contribution is 0.0725. The average molecular weight is 413 g/mol. The summed E-state index contributed by atoms with van der Waals surface area (Å²) in [6.45, 7) is 0.834. The van der Waals surface area contributed by atoms with Crippen molar-refractivity contribution in [1.29, 1.82) is 0 Å². The lowest BCUT2D eigenvalue weighted by atomic mass is 10.1. The number of hydrogen-bond donors (Lipinski definition) is 0. The van der Waals surface area contributed by atoms with Crippen molar-refractivity contribution in [3.05, 3.63) is 106 Å². The molecular weight excluding hydrogens is 394 g/mol. The molecule has 0 radical (unpaired) electrons. The number of carbonyl (C=O) groups is 1. The van der Waals surface area contributed by atoms with E-state index in [1.54, 1.807) is 23.1 Å². The number of ether oxygens (including phenoxy) is 2. The molecule has 31 heavy (non-hydrogen) atoms. The third-order valence-corrected chi connectivity index (χ3v) is 5.19. The van der Waals surface area contributed by atoms with Gasteiger partial charge >= 0.3 is 5.63 Å². The van der Waals surface area contributed by atoms with E-state index in [1.165, 1.54) is 0 Å². The zero-order chi connectivity index (χ0) is 21.2. The van der Waals surface area contributed by atoms with Crippen molar-refractivity contribution >= 4 is 16.9 Å². The number of nitrogens with zero attached hydrogens (tertiary/aromatic N) is 1. The average Bonchev–Trinajstić information content (AvgIpc) is 3.26. The van der Waals surface area contributed by atoms with Gasteiger partial charge in [0.1, 0.15) is 11.1 Å². The van der Waals surface area contributed by atoms with Gasteiger partial charge in [0.15, 0.2) is 11.5 Å². The van der Waals surface area contributed by atoms with Gasteiger partial charge in [0.25, 0.3) is 5.91 Å². The smallest absolute Gasteiger partial charge is 0.349 e. The molecule has 0 fully saturated rings. The number of fused-ring (bicyclic) bond motifs is 2. The molecule has 0 saturated heterocycles. The topological polar surface area (TPSA) is 69.0 Å². The Morgan fingerprint density at radius 1 is 0.806 bits per heavy atom. The first-order chi connectivity index (χ1) is 15.2.